The molecule has 0 N–H and O–H groups in total. The van der Waals surface area contributed by atoms with Gasteiger partial charge in [-0.1, -0.05) is 12.1 Å². The van der Waals surface area contributed by atoms with Crippen LogP contribution < -0.4 is 18.9 Å². The van der Waals surface area contributed by atoms with Crippen LogP contribution in [0, 0.1) is 6.92 Å². The van der Waals surface area contributed by atoms with Gasteiger partial charge in [-0.2, -0.15) is 0 Å². The second-order valence-corrected chi connectivity index (χ2v) is 8.60. The van der Waals surface area contributed by atoms with Gasteiger partial charge < -0.3 is 18.9 Å². The van der Waals surface area contributed by atoms with Gasteiger partial charge in [-0.25, -0.2) is 0 Å². The second-order valence-electron chi connectivity index (χ2n) is 8.60. The van der Waals surface area contributed by atoms with Gasteiger partial charge in [0.05, 0.1) is 33.8 Å². The highest BCUT2D eigenvalue weighted by Gasteiger charge is 2.34. The zero-order chi connectivity index (χ0) is 23.2. The minimum atomic E-state index is 0.229. The first-order valence-electron chi connectivity index (χ1n) is 11.0. The molecule has 3 aromatic carbocycles. The van der Waals surface area contributed by atoms with Gasteiger partial charge in [0.25, 0.3) is 0 Å². The molecule has 4 rings (SSSR count). The Morgan fingerprint density at radius 3 is 2.09 bits per heavy atom. The molecule has 0 saturated carbocycles. The van der Waals surface area contributed by atoms with Gasteiger partial charge in [0.15, 0.2) is 0 Å². The monoisotopic (exact) mass is 435 g/mol. The maximum Gasteiger partial charge on any atom is 0.130 e. The average molecular weight is 436 g/mol. The third-order valence-electron chi connectivity index (χ3n) is 7.04. The van der Waals surface area contributed by atoms with Crippen LogP contribution in [-0.2, 0) is 6.42 Å². The number of aryl methyl sites for hydroxylation is 1. The van der Waals surface area contributed by atoms with Crippen molar-refractivity contribution in [2.75, 3.05) is 35.5 Å². The number of rotatable bonds is 5. The lowest BCUT2D eigenvalue weighted by Gasteiger charge is -2.40. The Morgan fingerprint density at radius 2 is 1.47 bits per heavy atom. The number of fused-ring (bicyclic) bond motifs is 2. The summed E-state index contributed by atoms with van der Waals surface area (Å²) < 4.78 is 23.3. The van der Waals surface area contributed by atoms with E-state index in [2.05, 4.69) is 44.9 Å². The van der Waals surface area contributed by atoms with Crippen molar-refractivity contribution in [2.45, 2.75) is 39.3 Å². The minimum absolute atomic E-state index is 0.229. The molecule has 0 aliphatic carbocycles. The van der Waals surface area contributed by atoms with E-state index in [0.717, 1.165) is 56.9 Å². The first kappa shape index (κ1) is 22.3. The predicted molar refractivity (Wildman–Crippen MR) is 130 cm³/mol. The zero-order valence-corrected chi connectivity index (χ0v) is 20.3. The lowest BCUT2D eigenvalue weighted by Crippen LogP contribution is -2.38. The summed E-state index contributed by atoms with van der Waals surface area (Å²) in [4.78, 5) is 2.41. The van der Waals surface area contributed by atoms with Crippen LogP contribution in [0.1, 0.15) is 36.6 Å². The van der Waals surface area contributed by atoms with Gasteiger partial charge >= 0.3 is 0 Å². The molecule has 32 heavy (non-hydrogen) atoms. The fourth-order valence-electron chi connectivity index (χ4n) is 5.21. The molecule has 170 valence electrons. The van der Waals surface area contributed by atoms with Crippen LogP contribution in [0.5, 0.6) is 23.0 Å². The molecule has 2 atom stereocenters. The van der Waals surface area contributed by atoms with E-state index in [-0.39, 0.29) is 6.04 Å². The van der Waals surface area contributed by atoms with Crippen molar-refractivity contribution in [2.24, 2.45) is 0 Å². The maximum atomic E-state index is 5.97. The molecule has 0 amide bonds. The fraction of sp³-hybridized carbons (Fsp3) is 0.407. The van der Waals surface area contributed by atoms with Crippen molar-refractivity contribution in [3.8, 4) is 34.1 Å². The van der Waals surface area contributed by atoms with Gasteiger partial charge in [0.1, 0.15) is 23.0 Å². The summed E-state index contributed by atoms with van der Waals surface area (Å²) >= 11 is 0. The summed E-state index contributed by atoms with van der Waals surface area (Å²) in [5.74, 6) is 3.30. The molecule has 5 nitrogen and oxygen atoms in total. The number of ether oxygens (including phenoxy) is 4. The Kier molecular flexibility index (Phi) is 5.95. The van der Waals surface area contributed by atoms with Gasteiger partial charge in [0.2, 0.25) is 0 Å². The molecule has 0 radical (unpaired) electrons. The van der Waals surface area contributed by atoms with Gasteiger partial charge in [-0.05, 0) is 68.4 Å². The first-order valence-corrected chi connectivity index (χ1v) is 11.0. The SMILES string of the molecule is COc1cc(OC)c2c(c1-c1c(C)cc(OC)c3c(OC)cccc13)C[C@H](C)N(C)[C@H]2C. The number of benzene rings is 3. The number of methoxy groups -OCH3 is 4. The quantitative estimate of drug-likeness (QED) is 0.507. The lowest BCUT2D eigenvalue weighted by molar-refractivity contribution is 0.175. The second kappa shape index (κ2) is 8.55. The first-order chi connectivity index (χ1) is 15.4. The molecule has 1 heterocycles. The Morgan fingerprint density at radius 1 is 0.812 bits per heavy atom. The predicted octanol–water partition coefficient (Wildman–Crippen LogP) is 5.79. The van der Waals surface area contributed by atoms with Gasteiger partial charge in [-0.15, -0.1) is 0 Å². The van der Waals surface area contributed by atoms with Gasteiger partial charge in [-0.3, -0.25) is 4.90 Å². The highest BCUT2D eigenvalue weighted by molar-refractivity contribution is 6.06. The molecule has 0 unspecified atom stereocenters. The summed E-state index contributed by atoms with van der Waals surface area (Å²) in [6.07, 6.45) is 0.913. The van der Waals surface area contributed by atoms with Crippen molar-refractivity contribution >= 4 is 10.8 Å². The smallest absolute Gasteiger partial charge is 0.130 e. The number of nitrogens with zero attached hydrogens (tertiary/aromatic N) is 1. The van der Waals surface area contributed by atoms with E-state index in [1.54, 1.807) is 28.4 Å². The maximum absolute atomic E-state index is 5.97. The van der Waals surface area contributed by atoms with E-state index in [9.17, 15) is 0 Å². The third kappa shape index (κ3) is 3.27. The highest BCUT2D eigenvalue weighted by atomic mass is 16.5. The molecule has 0 spiro atoms. The van der Waals surface area contributed by atoms with Crippen LogP contribution >= 0.6 is 0 Å². The summed E-state index contributed by atoms with van der Waals surface area (Å²) in [6, 6.07) is 10.9. The molecular formula is C27H33NO4. The van der Waals surface area contributed by atoms with E-state index in [1.807, 2.05) is 18.2 Å². The van der Waals surface area contributed by atoms with Crippen molar-refractivity contribution < 1.29 is 18.9 Å². The highest BCUT2D eigenvalue weighted by Crippen LogP contribution is 2.51. The molecule has 0 saturated heterocycles. The van der Waals surface area contributed by atoms with Crippen LogP contribution in [0.2, 0.25) is 0 Å². The van der Waals surface area contributed by atoms with E-state index >= 15 is 0 Å². The number of likely N-dealkylation sites (N-methyl/N-ethyl adjacent to an activating group) is 1. The van der Waals surface area contributed by atoms with E-state index in [1.165, 1.54) is 11.1 Å². The minimum Gasteiger partial charge on any atom is -0.496 e. The Balaban J connectivity index is 2.17. The Labute approximate surface area is 190 Å². The standard InChI is InChI=1S/C27H33NO4/c1-15-12-21(30-6)26-18(10-9-11-20(26)29-5)24(15)27-19-13-16(2)28(4)17(3)25(19)22(31-7)14-23(27)32-8/h9-12,14,16-17H,13H2,1-8H3/t16-,17-/m0/s1. The molecule has 1 aliphatic rings. The van der Waals surface area contributed by atoms with Crippen LogP contribution in [0.4, 0.5) is 0 Å². The van der Waals surface area contributed by atoms with Crippen LogP contribution in [0.25, 0.3) is 21.9 Å². The molecule has 3 aromatic rings. The Hall–Kier alpha value is -2.92. The number of hydrogen-bond donors (Lipinski definition) is 0. The van der Waals surface area contributed by atoms with Crippen molar-refractivity contribution in [1.29, 1.82) is 0 Å². The van der Waals surface area contributed by atoms with Crippen molar-refractivity contribution in [3.63, 3.8) is 0 Å². The van der Waals surface area contributed by atoms with Crippen molar-refractivity contribution in [1.82, 2.24) is 4.90 Å². The summed E-state index contributed by atoms with van der Waals surface area (Å²) in [6.45, 7) is 6.65. The normalized spacial score (nSPS) is 18.4. The van der Waals surface area contributed by atoms with E-state index in [0.29, 0.717) is 6.04 Å². The van der Waals surface area contributed by atoms with E-state index < -0.39 is 0 Å². The van der Waals surface area contributed by atoms with Crippen LogP contribution in [0.15, 0.2) is 30.3 Å². The molecule has 5 heteroatoms. The molecule has 0 fully saturated rings. The third-order valence-corrected chi connectivity index (χ3v) is 7.04. The van der Waals surface area contributed by atoms with Crippen LogP contribution in [0.3, 0.4) is 0 Å². The molecule has 0 bridgehead atoms. The largest absolute Gasteiger partial charge is 0.496 e. The zero-order valence-electron chi connectivity index (χ0n) is 20.3. The van der Waals surface area contributed by atoms with Crippen molar-refractivity contribution in [3.05, 3.63) is 47.0 Å². The molecule has 1 aliphatic heterocycles. The fourth-order valence-corrected chi connectivity index (χ4v) is 5.21. The lowest BCUT2D eigenvalue weighted by atomic mass is 9.81. The molecule has 0 aromatic heterocycles. The number of hydrogen-bond acceptors (Lipinski definition) is 5. The molecular weight excluding hydrogens is 402 g/mol. The van der Waals surface area contributed by atoms with Gasteiger partial charge in [0, 0.05) is 29.3 Å². The average Bonchev–Trinajstić information content (AvgIpc) is 2.80. The Bertz CT molecular complexity index is 1170. The summed E-state index contributed by atoms with van der Waals surface area (Å²) in [7, 11) is 9.05. The summed E-state index contributed by atoms with van der Waals surface area (Å²) in [5.41, 5.74) is 5.94. The summed E-state index contributed by atoms with van der Waals surface area (Å²) in [5, 5.41) is 2.06. The van der Waals surface area contributed by atoms with E-state index in [4.69, 9.17) is 18.9 Å². The topological polar surface area (TPSA) is 40.2 Å². The van der Waals surface area contributed by atoms with Crippen LogP contribution in [-0.4, -0.2) is 46.4 Å².